The van der Waals surface area contributed by atoms with Gasteiger partial charge in [-0.3, -0.25) is 4.79 Å². The van der Waals surface area contributed by atoms with E-state index in [1.807, 2.05) is 0 Å². The molecule has 1 unspecified atom stereocenters. The van der Waals surface area contributed by atoms with Gasteiger partial charge >= 0.3 is 0 Å². The summed E-state index contributed by atoms with van der Waals surface area (Å²) in [6.45, 7) is 0.794. The zero-order chi connectivity index (χ0) is 7.40. The van der Waals surface area contributed by atoms with E-state index in [9.17, 15) is 4.79 Å². The number of hydrogen-bond donors (Lipinski definition) is 1. The van der Waals surface area contributed by atoms with Crippen molar-refractivity contribution in [3.63, 3.8) is 0 Å². The summed E-state index contributed by atoms with van der Waals surface area (Å²) in [5.41, 5.74) is 0. The lowest BCUT2D eigenvalue weighted by Gasteiger charge is -2.13. The van der Waals surface area contributed by atoms with Crippen molar-refractivity contribution >= 4 is 17.5 Å². The number of carbonyl (C=O) groups is 1. The van der Waals surface area contributed by atoms with Crippen molar-refractivity contribution in [2.75, 3.05) is 6.54 Å². The molecule has 0 aliphatic carbocycles. The first-order valence-electron chi connectivity index (χ1n) is 3.72. The molecule has 0 aromatic rings. The van der Waals surface area contributed by atoms with E-state index in [-0.39, 0.29) is 11.3 Å². The minimum Gasteiger partial charge on any atom is -0.355 e. The predicted octanol–water partition coefficient (Wildman–Crippen LogP) is 1.28. The highest BCUT2D eigenvalue weighted by atomic mass is 35.5. The molecule has 1 amide bonds. The summed E-state index contributed by atoms with van der Waals surface area (Å²) in [7, 11) is 0. The summed E-state index contributed by atoms with van der Waals surface area (Å²) in [5.74, 6) is 0.00127. The van der Waals surface area contributed by atoms with Gasteiger partial charge in [0.2, 0.25) is 5.91 Å². The Bertz CT molecular complexity index is 127. The van der Waals surface area contributed by atoms with Crippen LogP contribution in [-0.4, -0.2) is 17.8 Å². The maximum absolute atomic E-state index is 10.9. The summed E-state index contributed by atoms with van der Waals surface area (Å²) in [6, 6.07) is 0. The molecule has 1 saturated heterocycles. The summed E-state index contributed by atoms with van der Waals surface area (Å²) in [6.07, 6.45) is 4.19. The molecule has 0 saturated carbocycles. The van der Waals surface area contributed by atoms with E-state index >= 15 is 0 Å². The number of amides is 1. The lowest BCUT2D eigenvalue weighted by atomic mass is 10.1. The second kappa shape index (κ2) is 3.81. The Morgan fingerprint density at radius 3 is 3.00 bits per heavy atom. The molecule has 0 radical (unpaired) electrons. The molecule has 1 aliphatic rings. The molecule has 0 aromatic heterocycles. The van der Waals surface area contributed by atoms with Gasteiger partial charge in [-0.1, -0.05) is 12.8 Å². The van der Waals surface area contributed by atoms with Crippen molar-refractivity contribution < 1.29 is 4.79 Å². The average Bonchev–Trinajstić information content (AvgIpc) is 1.92. The lowest BCUT2D eigenvalue weighted by Crippen LogP contribution is -2.33. The van der Waals surface area contributed by atoms with Crippen LogP contribution in [0.4, 0.5) is 0 Å². The van der Waals surface area contributed by atoms with Gasteiger partial charge in [-0.2, -0.15) is 0 Å². The zero-order valence-corrected chi connectivity index (χ0v) is 6.66. The molecule has 0 spiro atoms. The number of halogens is 1. The molecule has 58 valence electrons. The van der Waals surface area contributed by atoms with Gasteiger partial charge in [0, 0.05) is 6.54 Å². The van der Waals surface area contributed by atoms with Gasteiger partial charge < -0.3 is 5.32 Å². The second-order valence-electron chi connectivity index (χ2n) is 2.61. The van der Waals surface area contributed by atoms with E-state index in [1.54, 1.807) is 0 Å². The Balaban J connectivity index is 2.35. The SMILES string of the molecule is O=C1NCCCCCC1Cl. The third-order valence-corrected chi connectivity index (χ3v) is 2.13. The van der Waals surface area contributed by atoms with Gasteiger partial charge in [0.15, 0.2) is 0 Å². The van der Waals surface area contributed by atoms with Crippen molar-refractivity contribution in [2.24, 2.45) is 0 Å². The Hall–Kier alpha value is -0.240. The quantitative estimate of drug-likeness (QED) is 0.533. The first kappa shape index (κ1) is 7.86. The number of rotatable bonds is 0. The monoisotopic (exact) mass is 161 g/mol. The van der Waals surface area contributed by atoms with E-state index in [1.165, 1.54) is 6.42 Å². The number of alkyl halides is 1. The Labute approximate surface area is 65.9 Å². The van der Waals surface area contributed by atoms with Gasteiger partial charge in [0.05, 0.1) is 0 Å². The Morgan fingerprint density at radius 1 is 1.40 bits per heavy atom. The minimum atomic E-state index is -0.291. The highest BCUT2D eigenvalue weighted by molar-refractivity contribution is 6.30. The maximum Gasteiger partial charge on any atom is 0.238 e. The van der Waals surface area contributed by atoms with Crippen LogP contribution in [0.3, 0.4) is 0 Å². The standard InChI is InChI=1S/C7H12ClNO/c8-6-4-2-1-3-5-9-7(6)10/h6H,1-5H2,(H,9,10). The molecule has 10 heavy (non-hydrogen) atoms. The van der Waals surface area contributed by atoms with E-state index < -0.39 is 0 Å². The van der Waals surface area contributed by atoms with Crippen molar-refractivity contribution in [2.45, 2.75) is 31.1 Å². The van der Waals surface area contributed by atoms with Gasteiger partial charge in [0.25, 0.3) is 0 Å². The van der Waals surface area contributed by atoms with Crippen LogP contribution < -0.4 is 5.32 Å². The third kappa shape index (κ3) is 2.18. The number of nitrogens with one attached hydrogen (secondary N) is 1. The largest absolute Gasteiger partial charge is 0.355 e. The maximum atomic E-state index is 10.9. The van der Waals surface area contributed by atoms with Crippen LogP contribution >= 0.6 is 11.6 Å². The van der Waals surface area contributed by atoms with Gasteiger partial charge in [0.1, 0.15) is 5.38 Å². The normalized spacial score (nSPS) is 28.5. The molecule has 1 N–H and O–H groups in total. The molecule has 0 aromatic carbocycles. The first-order chi connectivity index (χ1) is 4.80. The van der Waals surface area contributed by atoms with E-state index in [0.29, 0.717) is 0 Å². The zero-order valence-electron chi connectivity index (χ0n) is 5.90. The highest BCUT2D eigenvalue weighted by Gasteiger charge is 2.15. The van der Waals surface area contributed by atoms with Crippen molar-refractivity contribution in [1.29, 1.82) is 0 Å². The average molecular weight is 162 g/mol. The topological polar surface area (TPSA) is 29.1 Å². The second-order valence-corrected chi connectivity index (χ2v) is 3.13. The van der Waals surface area contributed by atoms with Crippen LogP contribution in [0.15, 0.2) is 0 Å². The van der Waals surface area contributed by atoms with Crippen LogP contribution in [0.2, 0.25) is 0 Å². The van der Waals surface area contributed by atoms with Crippen LogP contribution in [-0.2, 0) is 4.79 Å². The first-order valence-corrected chi connectivity index (χ1v) is 4.16. The number of carbonyl (C=O) groups excluding carboxylic acids is 1. The van der Waals surface area contributed by atoms with Gasteiger partial charge in [-0.25, -0.2) is 0 Å². The Kier molecular flexibility index (Phi) is 3.00. The van der Waals surface area contributed by atoms with E-state index in [0.717, 1.165) is 25.8 Å². The van der Waals surface area contributed by atoms with Gasteiger partial charge in [-0.15, -0.1) is 11.6 Å². The van der Waals surface area contributed by atoms with E-state index in [4.69, 9.17) is 11.6 Å². The molecule has 2 nitrogen and oxygen atoms in total. The minimum absolute atomic E-state index is 0.00127. The summed E-state index contributed by atoms with van der Waals surface area (Å²) in [5, 5.41) is 2.47. The van der Waals surface area contributed by atoms with Crippen LogP contribution in [0.5, 0.6) is 0 Å². The number of hydrogen-bond acceptors (Lipinski definition) is 1. The smallest absolute Gasteiger partial charge is 0.238 e. The van der Waals surface area contributed by atoms with Crippen molar-refractivity contribution in [3.05, 3.63) is 0 Å². The molecule has 1 fully saturated rings. The Morgan fingerprint density at radius 2 is 2.20 bits per heavy atom. The summed E-state index contributed by atoms with van der Waals surface area (Å²) >= 11 is 5.73. The highest BCUT2D eigenvalue weighted by Crippen LogP contribution is 2.11. The molecule has 1 heterocycles. The fraction of sp³-hybridized carbons (Fsp3) is 0.857. The van der Waals surface area contributed by atoms with Crippen molar-refractivity contribution in [1.82, 2.24) is 5.32 Å². The molecule has 1 atom stereocenters. The van der Waals surface area contributed by atoms with E-state index in [2.05, 4.69) is 5.32 Å². The van der Waals surface area contributed by atoms with Crippen LogP contribution in [0.25, 0.3) is 0 Å². The summed E-state index contributed by atoms with van der Waals surface area (Å²) in [4.78, 5) is 10.9. The van der Waals surface area contributed by atoms with Crippen molar-refractivity contribution in [3.8, 4) is 0 Å². The molecular formula is C7H12ClNO. The predicted molar refractivity (Wildman–Crippen MR) is 41.1 cm³/mol. The fourth-order valence-electron chi connectivity index (χ4n) is 1.08. The van der Waals surface area contributed by atoms with Crippen LogP contribution in [0.1, 0.15) is 25.7 Å². The third-order valence-electron chi connectivity index (χ3n) is 1.72. The van der Waals surface area contributed by atoms with Crippen LogP contribution in [0, 0.1) is 0 Å². The molecular weight excluding hydrogens is 150 g/mol. The lowest BCUT2D eigenvalue weighted by molar-refractivity contribution is -0.121. The summed E-state index contributed by atoms with van der Waals surface area (Å²) < 4.78 is 0. The molecule has 3 heteroatoms. The fourth-order valence-corrected chi connectivity index (χ4v) is 1.31. The molecule has 0 bridgehead atoms. The van der Waals surface area contributed by atoms with Gasteiger partial charge in [-0.05, 0) is 12.8 Å². The molecule has 1 rings (SSSR count). The molecule has 1 aliphatic heterocycles.